The lowest BCUT2D eigenvalue weighted by Crippen LogP contribution is -2.43. The molecule has 0 radical (unpaired) electrons. The molecule has 1 atom stereocenters. The van der Waals surface area contributed by atoms with Crippen LogP contribution in [0.4, 0.5) is 0 Å². The normalized spacial score (nSPS) is 15.3. The lowest BCUT2D eigenvalue weighted by atomic mass is 9.81. The summed E-state index contributed by atoms with van der Waals surface area (Å²) in [5.41, 5.74) is 2.47. The Kier molecular flexibility index (Phi) is 5.48. The number of thiazole rings is 1. The van der Waals surface area contributed by atoms with E-state index in [9.17, 15) is 9.59 Å². The van der Waals surface area contributed by atoms with Gasteiger partial charge in [-0.05, 0) is 24.8 Å². The topological polar surface area (TPSA) is 68.3 Å². The van der Waals surface area contributed by atoms with Gasteiger partial charge in [-0.25, -0.2) is 9.78 Å². The van der Waals surface area contributed by atoms with Gasteiger partial charge in [0, 0.05) is 10.9 Å². The first kappa shape index (κ1) is 17.6. The van der Waals surface area contributed by atoms with E-state index in [2.05, 4.69) is 10.3 Å². The molecule has 132 valence electrons. The molecular formula is C19H22N2O3S. The molecule has 5 nitrogen and oxygen atoms in total. The van der Waals surface area contributed by atoms with Gasteiger partial charge in [0.2, 0.25) is 0 Å². The first-order valence-electron chi connectivity index (χ1n) is 8.48. The molecule has 1 aromatic heterocycles. The number of nitrogens with one attached hydrogen (secondary N) is 1. The number of methoxy groups -OCH3 is 1. The number of hydrogen-bond acceptors (Lipinski definition) is 5. The Morgan fingerprint density at radius 2 is 2.12 bits per heavy atom. The van der Waals surface area contributed by atoms with Gasteiger partial charge in [-0.1, -0.05) is 43.5 Å². The SMILES string of the molecule is COC(=O)C(CC1CCC1)NC(=O)c1csc(-c2ccccc2C)n1. The molecule has 1 fully saturated rings. The lowest BCUT2D eigenvalue weighted by Gasteiger charge is -2.28. The van der Waals surface area contributed by atoms with Crippen LogP contribution in [0.1, 0.15) is 41.7 Å². The molecule has 1 heterocycles. The summed E-state index contributed by atoms with van der Waals surface area (Å²) in [5, 5.41) is 5.33. The summed E-state index contributed by atoms with van der Waals surface area (Å²) in [7, 11) is 1.35. The van der Waals surface area contributed by atoms with Crippen LogP contribution in [0.5, 0.6) is 0 Å². The molecule has 25 heavy (non-hydrogen) atoms. The average Bonchev–Trinajstić information content (AvgIpc) is 3.06. The highest BCUT2D eigenvalue weighted by Crippen LogP contribution is 2.31. The summed E-state index contributed by atoms with van der Waals surface area (Å²) in [4.78, 5) is 28.9. The zero-order chi connectivity index (χ0) is 17.8. The fraction of sp³-hybridized carbons (Fsp3) is 0.421. The van der Waals surface area contributed by atoms with Crippen molar-refractivity contribution in [3.8, 4) is 10.6 Å². The van der Waals surface area contributed by atoms with Crippen LogP contribution in [0.25, 0.3) is 10.6 Å². The number of rotatable bonds is 6. The second kappa shape index (κ2) is 7.78. The van der Waals surface area contributed by atoms with Gasteiger partial charge in [0.25, 0.3) is 5.91 Å². The Bertz CT molecular complexity index is 768. The van der Waals surface area contributed by atoms with Crippen molar-refractivity contribution in [1.82, 2.24) is 10.3 Å². The summed E-state index contributed by atoms with van der Waals surface area (Å²) in [6.45, 7) is 2.02. The molecule has 0 saturated heterocycles. The molecule has 1 amide bonds. The fourth-order valence-corrected chi connectivity index (χ4v) is 3.86. The Balaban J connectivity index is 1.71. The first-order valence-corrected chi connectivity index (χ1v) is 9.36. The van der Waals surface area contributed by atoms with Crippen molar-refractivity contribution in [2.75, 3.05) is 7.11 Å². The minimum Gasteiger partial charge on any atom is -0.467 e. The number of ether oxygens (including phenoxy) is 1. The average molecular weight is 358 g/mol. The molecule has 1 N–H and O–H groups in total. The van der Waals surface area contributed by atoms with Gasteiger partial charge in [0.15, 0.2) is 0 Å². The van der Waals surface area contributed by atoms with Crippen LogP contribution in [0.3, 0.4) is 0 Å². The summed E-state index contributed by atoms with van der Waals surface area (Å²) in [6.07, 6.45) is 4.04. The van der Waals surface area contributed by atoms with E-state index in [1.807, 2.05) is 31.2 Å². The van der Waals surface area contributed by atoms with E-state index in [0.717, 1.165) is 29.0 Å². The second-order valence-electron chi connectivity index (χ2n) is 6.43. The van der Waals surface area contributed by atoms with Crippen LogP contribution in [-0.2, 0) is 9.53 Å². The van der Waals surface area contributed by atoms with E-state index < -0.39 is 12.0 Å². The zero-order valence-electron chi connectivity index (χ0n) is 14.5. The summed E-state index contributed by atoms with van der Waals surface area (Å²) in [5.74, 6) is -0.234. The maximum Gasteiger partial charge on any atom is 0.328 e. The highest BCUT2D eigenvalue weighted by atomic mass is 32.1. The maximum atomic E-state index is 12.5. The van der Waals surface area contributed by atoms with E-state index >= 15 is 0 Å². The Morgan fingerprint density at radius 3 is 2.76 bits per heavy atom. The van der Waals surface area contributed by atoms with Crippen LogP contribution < -0.4 is 5.32 Å². The van der Waals surface area contributed by atoms with E-state index in [0.29, 0.717) is 18.0 Å². The molecule has 1 saturated carbocycles. The molecule has 1 aromatic carbocycles. The van der Waals surface area contributed by atoms with E-state index in [4.69, 9.17) is 4.74 Å². The van der Waals surface area contributed by atoms with Gasteiger partial charge >= 0.3 is 5.97 Å². The van der Waals surface area contributed by atoms with Gasteiger partial charge in [-0.15, -0.1) is 11.3 Å². The maximum absolute atomic E-state index is 12.5. The Morgan fingerprint density at radius 1 is 1.36 bits per heavy atom. The molecule has 6 heteroatoms. The third-order valence-corrected chi connectivity index (χ3v) is 5.57. The van der Waals surface area contributed by atoms with Gasteiger partial charge in [-0.2, -0.15) is 0 Å². The van der Waals surface area contributed by atoms with Crippen molar-refractivity contribution in [2.24, 2.45) is 5.92 Å². The molecule has 1 aliphatic carbocycles. The number of aromatic nitrogens is 1. The van der Waals surface area contributed by atoms with Crippen molar-refractivity contribution in [3.05, 3.63) is 40.9 Å². The summed E-state index contributed by atoms with van der Waals surface area (Å²) < 4.78 is 4.84. The predicted molar refractivity (Wildman–Crippen MR) is 97.5 cm³/mol. The third kappa shape index (κ3) is 4.07. The van der Waals surface area contributed by atoms with Gasteiger partial charge < -0.3 is 10.1 Å². The minimum atomic E-state index is -0.605. The minimum absolute atomic E-state index is 0.328. The number of carbonyl (C=O) groups excluding carboxylic acids is 2. The third-order valence-electron chi connectivity index (χ3n) is 4.70. The number of amides is 1. The van der Waals surface area contributed by atoms with Crippen molar-refractivity contribution in [2.45, 2.75) is 38.6 Å². The number of carbonyl (C=O) groups is 2. The number of benzene rings is 1. The van der Waals surface area contributed by atoms with Crippen LogP contribution in [-0.4, -0.2) is 30.0 Å². The van der Waals surface area contributed by atoms with E-state index in [-0.39, 0.29) is 5.91 Å². The monoisotopic (exact) mass is 358 g/mol. The summed E-state index contributed by atoms with van der Waals surface area (Å²) in [6, 6.07) is 7.33. The largest absolute Gasteiger partial charge is 0.467 e. The van der Waals surface area contributed by atoms with Crippen molar-refractivity contribution in [1.29, 1.82) is 0 Å². The van der Waals surface area contributed by atoms with E-state index in [1.54, 1.807) is 5.38 Å². The second-order valence-corrected chi connectivity index (χ2v) is 7.29. The Labute approximate surface area is 151 Å². The number of aryl methyl sites for hydroxylation is 1. The van der Waals surface area contributed by atoms with Crippen LogP contribution >= 0.6 is 11.3 Å². The molecule has 1 aliphatic rings. The molecule has 0 bridgehead atoms. The van der Waals surface area contributed by atoms with Crippen LogP contribution in [0.2, 0.25) is 0 Å². The van der Waals surface area contributed by atoms with Crippen molar-refractivity contribution < 1.29 is 14.3 Å². The molecular weight excluding hydrogens is 336 g/mol. The Hall–Kier alpha value is -2.21. The lowest BCUT2D eigenvalue weighted by molar-refractivity contribution is -0.143. The standard InChI is InChI=1S/C19H22N2O3S/c1-12-6-3-4-9-14(12)18-21-16(11-25-18)17(22)20-15(19(23)24-2)10-13-7-5-8-13/h3-4,6,9,11,13,15H,5,7-8,10H2,1-2H3,(H,20,22). The van der Waals surface area contributed by atoms with Crippen LogP contribution in [0, 0.1) is 12.8 Å². The predicted octanol–water partition coefficient (Wildman–Crippen LogP) is 3.58. The highest BCUT2D eigenvalue weighted by molar-refractivity contribution is 7.13. The molecule has 0 spiro atoms. The van der Waals surface area contributed by atoms with Gasteiger partial charge in [0.05, 0.1) is 7.11 Å². The molecule has 3 rings (SSSR count). The number of esters is 1. The van der Waals surface area contributed by atoms with Crippen molar-refractivity contribution in [3.63, 3.8) is 0 Å². The number of nitrogens with zero attached hydrogens (tertiary/aromatic N) is 1. The fourth-order valence-electron chi connectivity index (χ4n) is 2.96. The molecule has 1 unspecified atom stereocenters. The zero-order valence-corrected chi connectivity index (χ0v) is 15.3. The number of hydrogen-bond donors (Lipinski definition) is 1. The smallest absolute Gasteiger partial charge is 0.328 e. The van der Waals surface area contributed by atoms with Gasteiger partial charge in [-0.3, -0.25) is 4.79 Å². The van der Waals surface area contributed by atoms with Gasteiger partial charge in [0.1, 0.15) is 16.7 Å². The van der Waals surface area contributed by atoms with Crippen molar-refractivity contribution >= 4 is 23.2 Å². The highest BCUT2D eigenvalue weighted by Gasteiger charge is 2.29. The quantitative estimate of drug-likeness (QED) is 0.802. The molecule has 2 aromatic rings. The molecule has 0 aliphatic heterocycles. The summed E-state index contributed by atoms with van der Waals surface area (Å²) >= 11 is 1.43. The van der Waals surface area contributed by atoms with Crippen LogP contribution in [0.15, 0.2) is 29.6 Å². The first-order chi connectivity index (χ1) is 12.1. The van der Waals surface area contributed by atoms with E-state index in [1.165, 1.54) is 24.9 Å².